The minimum absolute atomic E-state index is 0.228. The van der Waals surface area contributed by atoms with Crippen molar-refractivity contribution >= 4 is 27.6 Å². The summed E-state index contributed by atoms with van der Waals surface area (Å²) in [5.74, 6) is -0.228. The third kappa shape index (κ3) is 4.66. The topological polar surface area (TPSA) is 38.3 Å². The van der Waals surface area contributed by atoms with E-state index in [2.05, 4.69) is 26.0 Å². The number of hydrogen-bond acceptors (Lipinski definition) is 3. The quantitative estimate of drug-likeness (QED) is 0.868. The Bertz CT molecular complexity index is 340. The molecule has 4 heteroatoms. The lowest BCUT2D eigenvalue weighted by Gasteiger charge is -2.05. The number of anilines is 1. The Morgan fingerprint density at radius 3 is 2.50 bits per heavy atom. The molecule has 0 aliphatic rings. The van der Waals surface area contributed by atoms with Gasteiger partial charge in [0.05, 0.1) is 13.5 Å². The van der Waals surface area contributed by atoms with Crippen LogP contribution >= 0.6 is 15.9 Å². The first-order valence-electron chi connectivity index (χ1n) is 5.20. The van der Waals surface area contributed by atoms with E-state index >= 15 is 0 Å². The lowest BCUT2D eigenvalue weighted by molar-refractivity contribution is -0.139. The summed E-state index contributed by atoms with van der Waals surface area (Å²) in [6.45, 7) is 4.00. The van der Waals surface area contributed by atoms with Crippen LogP contribution in [0.2, 0.25) is 0 Å². The molecule has 0 aliphatic carbocycles. The number of esters is 1. The molecule has 0 aromatic heterocycles. The average Bonchev–Trinajstić information content (AvgIpc) is 2.32. The summed E-state index contributed by atoms with van der Waals surface area (Å²) in [4.78, 5) is 11.0. The molecule has 0 atom stereocenters. The summed E-state index contributed by atoms with van der Waals surface area (Å²) in [7, 11) is 3.24. The van der Waals surface area contributed by atoms with Crippen molar-refractivity contribution in [1.82, 2.24) is 0 Å². The molecule has 90 valence electrons. The van der Waals surface area contributed by atoms with Crippen LogP contribution in [0.3, 0.4) is 0 Å². The Morgan fingerprint density at radius 1 is 1.44 bits per heavy atom. The van der Waals surface area contributed by atoms with Gasteiger partial charge >= 0.3 is 5.97 Å². The second-order valence-electron chi connectivity index (χ2n) is 2.82. The predicted molar refractivity (Wildman–Crippen MR) is 70.8 cm³/mol. The van der Waals surface area contributed by atoms with E-state index in [9.17, 15) is 4.79 Å². The van der Waals surface area contributed by atoms with Crippen LogP contribution in [0.5, 0.6) is 0 Å². The maximum absolute atomic E-state index is 11.0. The monoisotopic (exact) mass is 287 g/mol. The van der Waals surface area contributed by atoms with E-state index in [1.807, 2.05) is 39.1 Å². The van der Waals surface area contributed by atoms with Crippen LogP contribution in [0.1, 0.15) is 19.4 Å². The van der Waals surface area contributed by atoms with Crippen molar-refractivity contribution < 1.29 is 9.53 Å². The van der Waals surface area contributed by atoms with Crippen LogP contribution in [0.15, 0.2) is 22.7 Å². The summed E-state index contributed by atoms with van der Waals surface area (Å²) >= 11 is 3.40. The van der Waals surface area contributed by atoms with Gasteiger partial charge in [-0.1, -0.05) is 19.9 Å². The van der Waals surface area contributed by atoms with Gasteiger partial charge in [-0.3, -0.25) is 4.79 Å². The third-order valence-corrected chi connectivity index (χ3v) is 2.54. The lowest BCUT2D eigenvalue weighted by Crippen LogP contribution is -2.04. The number of benzene rings is 1. The van der Waals surface area contributed by atoms with E-state index in [1.54, 1.807) is 0 Å². The second kappa shape index (κ2) is 8.16. The standard InChI is InChI=1S/C10H12BrNO2.C2H6/c1-12-9-4-3-7(5-8(9)11)6-10(13)14-2;1-2/h3-5,12H,6H2,1-2H3;1-2H3. The van der Waals surface area contributed by atoms with Crippen molar-refractivity contribution in [2.45, 2.75) is 20.3 Å². The highest BCUT2D eigenvalue weighted by Crippen LogP contribution is 2.23. The Labute approximate surface area is 105 Å². The fraction of sp³-hybridized carbons (Fsp3) is 0.417. The molecule has 0 spiro atoms. The van der Waals surface area contributed by atoms with Gasteiger partial charge in [-0.2, -0.15) is 0 Å². The maximum atomic E-state index is 11.0. The molecule has 1 rings (SSSR count). The van der Waals surface area contributed by atoms with Crippen LogP contribution in [0.4, 0.5) is 5.69 Å². The summed E-state index contributed by atoms with van der Waals surface area (Å²) in [5, 5.41) is 3.03. The molecule has 3 nitrogen and oxygen atoms in total. The zero-order chi connectivity index (χ0) is 12.6. The van der Waals surface area contributed by atoms with Crippen molar-refractivity contribution in [3.05, 3.63) is 28.2 Å². The molecule has 0 aliphatic heterocycles. The van der Waals surface area contributed by atoms with Crippen LogP contribution in [-0.2, 0) is 16.0 Å². The highest BCUT2D eigenvalue weighted by Gasteiger charge is 2.04. The van der Waals surface area contributed by atoms with Crippen molar-refractivity contribution in [2.75, 3.05) is 19.5 Å². The van der Waals surface area contributed by atoms with Crippen molar-refractivity contribution in [1.29, 1.82) is 0 Å². The van der Waals surface area contributed by atoms with E-state index < -0.39 is 0 Å². The Morgan fingerprint density at radius 2 is 2.06 bits per heavy atom. The van der Waals surface area contributed by atoms with E-state index in [4.69, 9.17) is 0 Å². The van der Waals surface area contributed by atoms with Gasteiger partial charge in [-0.15, -0.1) is 0 Å². The number of nitrogens with one attached hydrogen (secondary N) is 1. The molecule has 1 aromatic rings. The molecular weight excluding hydrogens is 270 g/mol. The number of hydrogen-bond donors (Lipinski definition) is 1. The molecule has 0 heterocycles. The maximum Gasteiger partial charge on any atom is 0.309 e. The molecule has 1 N–H and O–H groups in total. The van der Waals surface area contributed by atoms with Gasteiger partial charge in [0.1, 0.15) is 0 Å². The first-order chi connectivity index (χ1) is 7.67. The SMILES string of the molecule is CC.CNc1ccc(CC(=O)OC)cc1Br. The first-order valence-corrected chi connectivity index (χ1v) is 5.99. The van der Waals surface area contributed by atoms with Crippen molar-refractivity contribution in [2.24, 2.45) is 0 Å². The number of ether oxygens (including phenoxy) is 1. The molecular formula is C12H18BrNO2. The minimum Gasteiger partial charge on any atom is -0.469 e. The van der Waals surface area contributed by atoms with Gasteiger partial charge in [0.2, 0.25) is 0 Å². The Balaban J connectivity index is 0.00000106. The van der Waals surface area contributed by atoms with E-state index in [0.717, 1.165) is 15.7 Å². The zero-order valence-electron chi connectivity index (χ0n) is 10.1. The summed E-state index contributed by atoms with van der Waals surface area (Å²) in [6.07, 6.45) is 0.305. The first kappa shape index (κ1) is 15.0. The summed E-state index contributed by atoms with van der Waals surface area (Å²) in [6, 6.07) is 5.72. The number of halogens is 1. The number of rotatable bonds is 3. The highest BCUT2D eigenvalue weighted by molar-refractivity contribution is 9.10. The second-order valence-corrected chi connectivity index (χ2v) is 3.67. The van der Waals surface area contributed by atoms with Gasteiger partial charge in [0, 0.05) is 17.2 Å². The molecule has 0 bridgehead atoms. The Hall–Kier alpha value is -1.03. The lowest BCUT2D eigenvalue weighted by atomic mass is 10.1. The molecule has 0 saturated heterocycles. The molecule has 0 radical (unpaired) electrons. The molecule has 0 unspecified atom stereocenters. The average molecular weight is 288 g/mol. The van der Waals surface area contributed by atoms with Gasteiger partial charge in [-0.25, -0.2) is 0 Å². The van der Waals surface area contributed by atoms with E-state index in [1.165, 1.54) is 7.11 Å². The minimum atomic E-state index is -0.228. The smallest absolute Gasteiger partial charge is 0.309 e. The van der Waals surface area contributed by atoms with Gasteiger partial charge in [0.15, 0.2) is 0 Å². The number of carbonyl (C=O) groups is 1. The normalized spacial score (nSPS) is 8.81. The molecule has 0 fully saturated rings. The molecule has 1 aromatic carbocycles. The number of methoxy groups -OCH3 is 1. The largest absolute Gasteiger partial charge is 0.469 e. The van der Waals surface area contributed by atoms with Crippen LogP contribution in [-0.4, -0.2) is 20.1 Å². The zero-order valence-corrected chi connectivity index (χ0v) is 11.7. The van der Waals surface area contributed by atoms with Crippen molar-refractivity contribution in [3.63, 3.8) is 0 Å². The third-order valence-electron chi connectivity index (χ3n) is 1.88. The molecule has 0 saturated carbocycles. The highest BCUT2D eigenvalue weighted by atomic mass is 79.9. The van der Waals surface area contributed by atoms with Gasteiger partial charge < -0.3 is 10.1 Å². The van der Waals surface area contributed by atoms with Crippen LogP contribution < -0.4 is 5.32 Å². The van der Waals surface area contributed by atoms with E-state index in [-0.39, 0.29) is 5.97 Å². The summed E-state index contributed by atoms with van der Waals surface area (Å²) < 4.78 is 5.53. The molecule has 16 heavy (non-hydrogen) atoms. The van der Waals surface area contributed by atoms with Crippen LogP contribution in [0, 0.1) is 0 Å². The van der Waals surface area contributed by atoms with Gasteiger partial charge in [-0.05, 0) is 33.6 Å². The van der Waals surface area contributed by atoms with E-state index in [0.29, 0.717) is 6.42 Å². The molecule has 0 amide bonds. The predicted octanol–water partition coefficient (Wildman–Crippen LogP) is 3.23. The number of carbonyl (C=O) groups excluding carboxylic acids is 1. The van der Waals surface area contributed by atoms with Crippen LogP contribution in [0.25, 0.3) is 0 Å². The van der Waals surface area contributed by atoms with Crippen molar-refractivity contribution in [3.8, 4) is 0 Å². The van der Waals surface area contributed by atoms with Gasteiger partial charge in [0.25, 0.3) is 0 Å². The fourth-order valence-corrected chi connectivity index (χ4v) is 1.73. The fourth-order valence-electron chi connectivity index (χ4n) is 1.11. The summed E-state index contributed by atoms with van der Waals surface area (Å²) in [5.41, 5.74) is 1.93. The Kier molecular flexibility index (Phi) is 7.64.